The number of alkyl halides is 1. The standard InChI is InChI=1S/C11H12BrClO/c1-8(2)7-14-11-4-3-10(13)5-9(11)6-12/h3-5H,1,6-7H2,2H3. The molecule has 0 heterocycles. The van der Waals surface area contributed by atoms with Crippen molar-refractivity contribution < 1.29 is 4.74 Å². The van der Waals surface area contributed by atoms with Gasteiger partial charge < -0.3 is 4.74 Å². The van der Waals surface area contributed by atoms with Crippen LogP contribution in [0.4, 0.5) is 0 Å². The number of ether oxygens (including phenoxy) is 1. The van der Waals surface area contributed by atoms with Crippen LogP contribution in [0, 0.1) is 0 Å². The van der Waals surface area contributed by atoms with Crippen LogP contribution >= 0.6 is 27.5 Å². The van der Waals surface area contributed by atoms with E-state index in [0.717, 1.165) is 27.2 Å². The Labute approximate surface area is 97.9 Å². The molecule has 0 radical (unpaired) electrons. The summed E-state index contributed by atoms with van der Waals surface area (Å²) in [5.41, 5.74) is 2.05. The van der Waals surface area contributed by atoms with Gasteiger partial charge in [-0.1, -0.05) is 34.1 Å². The molecule has 0 atom stereocenters. The second kappa shape index (κ2) is 5.42. The molecule has 0 saturated heterocycles. The average molecular weight is 276 g/mol. The maximum Gasteiger partial charge on any atom is 0.123 e. The molecule has 0 aliphatic carbocycles. The minimum Gasteiger partial charge on any atom is -0.489 e. The van der Waals surface area contributed by atoms with Crippen molar-refractivity contribution in [2.24, 2.45) is 0 Å². The maximum atomic E-state index is 5.86. The van der Waals surface area contributed by atoms with Gasteiger partial charge in [-0.3, -0.25) is 0 Å². The fourth-order valence-electron chi connectivity index (χ4n) is 0.994. The normalized spacial score (nSPS) is 9.93. The third-order valence-electron chi connectivity index (χ3n) is 1.64. The molecule has 1 aromatic rings. The molecule has 1 rings (SSSR count). The molecular weight excluding hydrogens is 263 g/mol. The summed E-state index contributed by atoms with van der Waals surface area (Å²) in [4.78, 5) is 0. The SMILES string of the molecule is C=C(C)COc1ccc(Cl)cc1CBr. The van der Waals surface area contributed by atoms with E-state index >= 15 is 0 Å². The predicted octanol–water partition coefficient (Wildman–Crippen LogP) is 4.19. The van der Waals surface area contributed by atoms with Crippen LogP contribution in [0.25, 0.3) is 0 Å². The molecule has 0 amide bonds. The number of hydrogen-bond acceptors (Lipinski definition) is 1. The van der Waals surface area contributed by atoms with Crippen molar-refractivity contribution in [3.63, 3.8) is 0 Å². The van der Waals surface area contributed by atoms with Gasteiger partial charge in [-0.25, -0.2) is 0 Å². The lowest BCUT2D eigenvalue weighted by Crippen LogP contribution is -1.99. The Hall–Kier alpha value is -0.470. The van der Waals surface area contributed by atoms with E-state index in [4.69, 9.17) is 16.3 Å². The van der Waals surface area contributed by atoms with Gasteiger partial charge in [-0.15, -0.1) is 0 Å². The van der Waals surface area contributed by atoms with Crippen molar-refractivity contribution in [3.8, 4) is 5.75 Å². The summed E-state index contributed by atoms with van der Waals surface area (Å²) < 4.78 is 5.56. The summed E-state index contributed by atoms with van der Waals surface area (Å²) in [6.45, 7) is 6.26. The molecule has 0 aliphatic rings. The molecule has 0 N–H and O–H groups in total. The Morgan fingerprint density at radius 2 is 2.29 bits per heavy atom. The molecule has 1 aromatic carbocycles. The van der Waals surface area contributed by atoms with E-state index in [2.05, 4.69) is 22.5 Å². The molecule has 0 spiro atoms. The quantitative estimate of drug-likeness (QED) is 0.591. The first kappa shape index (κ1) is 11.6. The van der Waals surface area contributed by atoms with Gasteiger partial charge in [0.1, 0.15) is 12.4 Å². The zero-order chi connectivity index (χ0) is 10.6. The highest BCUT2D eigenvalue weighted by molar-refractivity contribution is 9.08. The highest BCUT2D eigenvalue weighted by atomic mass is 79.9. The Morgan fingerprint density at radius 1 is 1.57 bits per heavy atom. The maximum absolute atomic E-state index is 5.86. The smallest absolute Gasteiger partial charge is 0.123 e. The van der Waals surface area contributed by atoms with E-state index in [-0.39, 0.29) is 0 Å². The van der Waals surface area contributed by atoms with Crippen molar-refractivity contribution in [2.45, 2.75) is 12.3 Å². The fraction of sp³-hybridized carbons (Fsp3) is 0.273. The summed E-state index contributed by atoms with van der Waals surface area (Å²) >= 11 is 9.25. The molecule has 1 nitrogen and oxygen atoms in total. The third-order valence-corrected chi connectivity index (χ3v) is 2.48. The number of hydrogen-bond donors (Lipinski definition) is 0. The summed E-state index contributed by atoms with van der Waals surface area (Å²) in [6.07, 6.45) is 0. The minimum absolute atomic E-state index is 0.543. The molecule has 0 bridgehead atoms. The predicted molar refractivity (Wildman–Crippen MR) is 64.4 cm³/mol. The van der Waals surface area contributed by atoms with Crippen molar-refractivity contribution in [1.82, 2.24) is 0 Å². The summed E-state index contributed by atoms with van der Waals surface area (Å²) in [5.74, 6) is 0.856. The topological polar surface area (TPSA) is 9.23 Å². The van der Waals surface area contributed by atoms with E-state index in [9.17, 15) is 0 Å². The van der Waals surface area contributed by atoms with Crippen molar-refractivity contribution in [2.75, 3.05) is 6.61 Å². The van der Waals surface area contributed by atoms with Gasteiger partial charge in [-0.2, -0.15) is 0 Å². The summed E-state index contributed by atoms with van der Waals surface area (Å²) in [7, 11) is 0. The largest absolute Gasteiger partial charge is 0.489 e. The van der Waals surface area contributed by atoms with Crippen LogP contribution < -0.4 is 4.74 Å². The zero-order valence-corrected chi connectivity index (χ0v) is 10.4. The second-order valence-electron chi connectivity index (χ2n) is 3.13. The van der Waals surface area contributed by atoms with Crippen LogP contribution in [0.5, 0.6) is 5.75 Å². The zero-order valence-electron chi connectivity index (χ0n) is 8.02. The first-order valence-corrected chi connectivity index (χ1v) is 5.75. The Kier molecular flexibility index (Phi) is 4.49. The van der Waals surface area contributed by atoms with Gasteiger partial charge >= 0.3 is 0 Å². The van der Waals surface area contributed by atoms with Crippen molar-refractivity contribution in [1.29, 1.82) is 0 Å². The fourth-order valence-corrected chi connectivity index (χ4v) is 1.63. The lowest BCUT2D eigenvalue weighted by molar-refractivity contribution is 0.350. The second-order valence-corrected chi connectivity index (χ2v) is 4.13. The van der Waals surface area contributed by atoms with Gasteiger partial charge in [-0.05, 0) is 30.7 Å². The van der Waals surface area contributed by atoms with Crippen LogP contribution in [0.1, 0.15) is 12.5 Å². The third kappa shape index (κ3) is 3.35. The molecule has 0 saturated carbocycles. The molecule has 0 unspecified atom stereocenters. The van der Waals surface area contributed by atoms with Crippen molar-refractivity contribution in [3.05, 3.63) is 40.9 Å². The van der Waals surface area contributed by atoms with Gasteiger partial charge in [0.15, 0.2) is 0 Å². The van der Waals surface area contributed by atoms with Crippen LogP contribution in [0.15, 0.2) is 30.4 Å². The Morgan fingerprint density at radius 3 is 2.86 bits per heavy atom. The average Bonchev–Trinajstić information content (AvgIpc) is 2.15. The van der Waals surface area contributed by atoms with Crippen LogP contribution in [0.3, 0.4) is 0 Å². The van der Waals surface area contributed by atoms with Gasteiger partial charge in [0.2, 0.25) is 0 Å². The van der Waals surface area contributed by atoms with Gasteiger partial charge in [0, 0.05) is 15.9 Å². The van der Waals surface area contributed by atoms with E-state index in [1.54, 1.807) is 0 Å². The molecular formula is C11H12BrClO. The molecule has 0 aromatic heterocycles. The summed E-state index contributed by atoms with van der Waals surface area (Å²) in [5, 5.41) is 1.46. The van der Waals surface area contributed by atoms with Crippen LogP contribution in [-0.2, 0) is 5.33 Å². The Bertz CT molecular complexity index is 336. The number of benzene rings is 1. The molecule has 0 aliphatic heterocycles. The van der Waals surface area contributed by atoms with Gasteiger partial charge in [0.25, 0.3) is 0 Å². The van der Waals surface area contributed by atoms with Gasteiger partial charge in [0.05, 0.1) is 0 Å². The lowest BCUT2D eigenvalue weighted by atomic mass is 10.2. The first-order valence-electron chi connectivity index (χ1n) is 4.25. The highest BCUT2D eigenvalue weighted by Crippen LogP contribution is 2.25. The minimum atomic E-state index is 0.543. The number of halogens is 2. The van der Waals surface area contributed by atoms with E-state index in [1.165, 1.54) is 0 Å². The van der Waals surface area contributed by atoms with Crippen LogP contribution in [-0.4, -0.2) is 6.61 Å². The summed E-state index contributed by atoms with van der Waals surface area (Å²) in [6, 6.07) is 5.59. The first-order chi connectivity index (χ1) is 6.63. The Balaban J connectivity index is 2.80. The number of rotatable bonds is 4. The van der Waals surface area contributed by atoms with E-state index in [1.807, 2.05) is 25.1 Å². The monoisotopic (exact) mass is 274 g/mol. The van der Waals surface area contributed by atoms with E-state index in [0.29, 0.717) is 6.61 Å². The van der Waals surface area contributed by atoms with Crippen molar-refractivity contribution >= 4 is 27.5 Å². The molecule has 76 valence electrons. The molecule has 14 heavy (non-hydrogen) atoms. The lowest BCUT2D eigenvalue weighted by Gasteiger charge is -2.09. The van der Waals surface area contributed by atoms with Crippen LogP contribution in [0.2, 0.25) is 5.02 Å². The molecule has 0 fully saturated rings. The highest BCUT2D eigenvalue weighted by Gasteiger charge is 2.03. The van der Waals surface area contributed by atoms with E-state index < -0.39 is 0 Å². The molecule has 3 heteroatoms.